The number of hydrogen-bond donors (Lipinski definition) is 0. The van der Waals surface area contributed by atoms with Crippen LogP contribution in [0.4, 0.5) is 8.78 Å². The molecular weight excluding hydrogens is 226 g/mol. The van der Waals surface area contributed by atoms with Crippen molar-refractivity contribution in [2.45, 2.75) is 13.0 Å². The van der Waals surface area contributed by atoms with Gasteiger partial charge in [0.25, 0.3) is 0 Å². The van der Waals surface area contributed by atoms with Gasteiger partial charge in [-0.3, -0.25) is 4.21 Å². The molecule has 1 aromatic rings. The lowest BCUT2D eigenvalue weighted by Gasteiger charge is -2.07. The monoisotopic (exact) mass is 235 g/mol. The van der Waals surface area contributed by atoms with Crippen LogP contribution in [0.3, 0.4) is 0 Å². The molecule has 0 saturated heterocycles. The molecule has 0 aliphatic heterocycles. The largest absolute Gasteiger partial charge is 0.772 e. The van der Waals surface area contributed by atoms with Crippen molar-refractivity contribution in [1.29, 1.82) is 0 Å². The van der Waals surface area contributed by atoms with Crippen LogP contribution < -0.4 is 4.74 Å². The van der Waals surface area contributed by atoms with Crippen molar-refractivity contribution in [2.24, 2.45) is 0 Å². The Morgan fingerprint density at radius 3 is 2.80 bits per heavy atom. The van der Waals surface area contributed by atoms with E-state index < -0.39 is 17.7 Å². The second kappa shape index (κ2) is 5.77. The van der Waals surface area contributed by atoms with E-state index in [1.807, 2.05) is 0 Å². The quantitative estimate of drug-likeness (QED) is 0.730. The molecule has 15 heavy (non-hydrogen) atoms. The van der Waals surface area contributed by atoms with Gasteiger partial charge in [0.1, 0.15) is 5.75 Å². The van der Waals surface area contributed by atoms with Crippen LogP contribution in [0.5, 0.6) is 5.75 Å². The van der Waals surface area contributed by atoms with E-state index in [-0.39, 0.29) is 17.9 Å². The molecule has 1 atom stereocenters. The summed E-state index contributed by atoms with van der Waals surface area (Å²) < 4.78 is 48.4. The van der Waals surface area contributed by atoms with Gasteiger partial charge in [-0.05, 0) is 24.1 Å². The number of rotatable bonds is 5. The van der Waals surface area contributed by atoms with E-state index in [2.05, 4.69) is 4.74 Å². The fourth-order valence-corrected chi connectivity index (χ4v) is 1.48. The molecule has 0 aliphatic rings. The molecule has 0 spiro atoms. The molecule has 0 radical (unpaired) electrons. The third kappa shape index (κ3) is 4.85. The number of alkyl halides is 2. The van der Waals surface area contributed by atoms with E-state index in [0.29, 0.717) is 5.56 Å². The zero-order valence-corrected chi connectivity index (χ0v) is 8.51. The van der Waals surface area contributed by atoms with Gasteiger partial charge in [-0.2, -0.15) is 8.78 Å². The second-order valence-corrected chi connectivity index (χ2v) is 3.80. The maximum atomic E-state index is 11.8. The molecule has 1 unspecified atom stereocenters. The summed E-state index contributed by atoms with van der Waals surface area (Å²) in [6.07, 6.45) is 0.288. The molecule has 0 heterocycles. The van der Waals surface area contributed by atoms with Crippen LogP contribution in [-0.2, 0) is 17.5 Å². The first-order chi connectivity index (χ1) is 7.08. The second-order valence-electron chi connectivity index (χ2n) is 2.78. The minimum Gasteiger partial charge on any atom is -0.772 e. The van der Waals surface area contributed by atoms with Gasteiger partial charge in [0.15, 0.2) is 0 Å². The van der Waals surface area contributed by atoms with E-state index in [4.69, 9.17) is 0 Å². The molecule has 0 N–H and O–H groups in total. The van der Waals surface area contributed by atoms with Crippen molar-refractivity contribution in [3.05, 3.63) is 29.8 Å². The first kappa shape index (κ1) is 12.1. The lowest BCUT2D eigenvalue weighted by atomic mass is 10.2. The summed E-state index contributed by atoms with van der Waals surface area (Å²) in [4.78, 5) is 0. The van der Waals surface area contributed by atoms with Crippen LogP contribution in [0.15, 0.2) is 24.3 Å². The molecule has 0 bridgehead atoms. The average Bonchev–Trinajstić information content (AvgIpc) is 2.14. The predicted molar refractivity (Wildman–Crippen MR) is 50.6 cm³/mol. The molecule has 0 aromatic heterocycles. The average molecular weight is 235 g/mol. The lowest BCUT2D eigenvalue weighted by Crippen LogP contribution is -2.03. The van der Waals surface area contributed by atoms with Gasteiger partial charge in [-0.15, -0.1) is 0 Å². The summed E-state index contributed by atoms with van der Waals surface area (Å²) in [7, 11) is 0. The van der Waals surface area contributed by atoms with Gasteiger partial charge in [-0.25, -0.2) is 0 Å². The zero-order valence-electron chi connectivity index (χ0n) is 7.69. The molecule has 0 amide bonds. The summed E-state index contributed by atoms with van der Waals surface area (Å²) in [5, 5.41) is 0. The molecular formula is C9H9F2O3S-. The Bertz CT molecular complexity index is 344. The van der Waals surface area contributed by atoms with Gasteiger partial charge in [0.2, 0.25) is 0 Å². The zero-order chi connectivity index (χ0) is 11.3. The number of ether oxygens (including phenoxy) is 1. The van der Waals surface area contributed by atoms with E-state index in [0.717, 1.165) is 0 Å². The van der Waals surface area contributed by atoms with Crippen molar-refractivity contribution in [1.82, 2.24) is 0 Å². The van der Waals surface area contributed by atoms with Crippen molar-refractivity contribution in [3.8, 4) is 5.75 Å². The Labute approximate surface area is 88.3 Å². The summed E-state index contributed by atoms with van der Waals surface area (Å²) in [5.74, 6) is 0.0113. The molecule has 6 heteroatoms. The highest BCUT2D eigenvalue weighted by Gasteiger charge is 2.04. The molecule has 3 nitrogen and oxygen atoms in total. The smallest absolute Gasteiger partial charge is 0.387 e. The van der Waals surface area contributed by atoms with Crippen molar-refractivity contribution < 1.29 is 22.3 Å². The van der Waals surface area contributed by atoms with Gasteiger partial charge in [0, 0.05) is 5.75 Å². The highest BCUT2D eigenvalue weighted by atomic mass is 32.2. The number of benzene rings is 1. The predicted octanol–water partition coefficient (Wildman–Crippen LogP) is 1.71. The number of aryl methyl sites for hydroxylation is 1. The van der Waals surface area contributed by atoms with Gasteiger partial charge >= 0.3 is 6.61 Å². The first-order valence-corrected chi connectivity index (χ1v) is 5.42. The van der Waals surface area contributed by atoms with Gasteiger partial charge in [0.05, 0.1) is 0 Å². The fraction of sp³-hybridized carbons (Fsp3) is 0.333. The molecule has 1 rings (SSSR count). The molecule has 0 saturated carbocycles. The van der Waals surface area contributed by atoms with E-state index >= 15 is 0 Å². The normalized spacial score (nSPS) is 12.8. The molecule has 0 aliphatic carbocycles. The fourth-order valence-electron chi connectivity index (χ4n) is 1.08. The Kier molecular flexibility index (Phi) is 4.64. The lowest BCUT2D eigenvalue weighted by molar-refractivity contribution is -0.0498. The number of hydrogen-bond acceptors (Lipinski definition) is 3. The third-order valence-electron chi connectivity index (χ3n) is 1.68. The summed E-state index contributed by atoms with van der Waals surface area (Å²) >= 11 is -2.12. The summed E-state index contributed by atoms with van der Waals surface area (Å²) in [6, 6.07) is 5.99. The first-order valence-electron chi connectivity index (χ1n) is 4.17. The van der Waals surface area contributed by atoms with Gasteiger partial charge in [-0.1, -0.05) is 23.2 Å². The SMILES string of the molecule is O=S([O-])CCc1cccc(OC(F)F)c1. The molecule has 0 fully saturated rings. The highest BCUT2D eigenvalue weighted by molar-refractivity contribution is 7.79. The Morgan fingerprint density at radius 1 is 1.47 bits per heavy atom. The van der Waals surface area contributed by atoms with Crippen LogP contribution >= 0.6 is 0 Å². The van der Waals surface area contributed by atoms with Crippen molar-refractivity contribution in [2.75, 3.05) is 5.75 Å². The summed E-state index contributed by atoms with van der Waals surface area (Å²) in [5.41, 5.74) is 0.650. The highest BCUT2D eigenvalue weighted by Crippen LogP contribution is 2.16. The van der Waals surface area contributed by atoms with Crippen LogP contribution in [-0.4, -0.2) is 21.1 Å². The molecule has 84 valence electrons. The molecule has 1 aromatic carbocycles. The minimum absolute atomic E-state index is 0.0296. The Balaban J connectivity index is 2.61. The Hall–Kier alpha value is -1.01. The topological polar surface area (TPSA) is 49.4 Å². The Morgan fingerprint density at radius 2 is 2.20 bits per heavy atom. The van der Waals surface area contributed by atoms with E-state index in [1.165, 1.54) is 12.1 Å². The standard InChI is InChI=1S/C9H10F2O3S/c10-9(11)14-8-3-1-2-7(6-8)4-5-15(12)13/h1-3,6,9H,4-5H2,(H,12,13)/p-1. The maximum absolute atomic E-state index is 11.8. The van der Waals surface area contributed by atoms with Crippen LogP contribution in [0.25, 0.3) is 0 Å². The third-order valence-corrected chi connectivity index (χ3v) is 2.22. The van der Waals surface area contributed by atoms with E-state index in [1.54, 1.807) is 12.1 Å². The number of halogens is 2. The van der Waals surface area contributed by atoms with Crippen molar-refractivity contribution >= 4 is 11.1 Å². The van der Waals surface area contributed by atoms with E-state index in [9.17, 15) is 17.5 Å². The summed E-state index contributed by atoms with van der Waals surface area (Å²) in [6.45, 7) is -2.87. The van der Waals surface area contributed by atoms with Gasteiger partial charge < -0.3 is 9.29 Å². The van der Waals surface area contributed by atoms with Crippen LogP contribution in [0.2, 0.25) is 0 Å². The van der Waals surface area contributed by atoms with Crippen LogP contribution in [0.1, 0.15) is 5.56 Å². The minimum atomic E-state index is -2.87. The maximum Gasteiger partial charge on any atom is 0.387 e. The van der Waals surface area contributed by atoms with Crippen LogP contribution in [0, 0.1) is 0 Å². The van der Waals surface area contributed by atoms with Crippen molar-refractivity contribution in [3.63, 3.8) is 0 Å².